The van der Waals surface area contributed by atoms with E-state index in [0.29, 0.717) is 0 Å². The fraction of sp³-hybridized carbons (Fsp3) is 0.833. The maximum absolute atomic E-state index is 13.0. The summed E-state index contributed by atoms with van der Waals surface area (Å²) in [6.07, 6.45) is -0.691. The second-order valence-electron chi connectivity index (χ2n) is 5.94. The van der Waals surface area contributed by atoms with Gasteiger partial charge in [0.05, 0.1) is 0 Å². The molecule has 1 saturated carbocycles. The molecule has 4 nitrogen and oxygen atoms in total. The zero-order valence-electron chi connectivity index (χ0n) is 10.8. The largest absolute Gasteiger partial charge is 0.480 e. The quantitative estimate of drug-likeness (QED) is 0.818. The molecule has 0 aromatic heterocycles. The molecule has 18 heavy (non-hydrogen) atoms. The Balaban J connectivity index is 2.66. The van der Waals surface area contributed by atoms with Crippen LogP contribution >= 0.6 is 0 Å². The molecular weight excluding hydrogens is 244 g/mol. The van der Waals surface area contributed by atoms with Gasteiger partial charge >= 0.3 is 5.97 Å². The first-order chi connectivity index (χ1) is 8.03. The van der Waals surface area contributed by atoms with Gasteiger partial charge in [0.2, 0.25) is 11.8 Å². The van der Waals surface area contributed by atoms with Crippen molar-refractivity contribution in [3.63, 3.8) is 0 Å². The normalized spacial score (nSPS) is 24.6. The van der Waals surface area contributed by atoms with Crippen molar-refractivity contribution in [1.82, 2.24) is 5.32 Å². The molecule has 2 atom stereocenters. The van der Waals surface area contributed by atoms with Gasteiger partial charge in [0.15, 0.2) is 0 Å². The van der Waals surface area contributed by atoms with Crippen molar-refractivity contribution in [2.45, 2.75) is 52.0 Å². The van der Waals surface area contributed by atoms with Crippen molar-refractivity contribution in [3.05, 3.63) is 0 Å². The van der Waals surface area contributed by atoms with Crippen LogP contribution < -0.4 is 5.32 Å². The molecule has 0 radical (unpaired) electrons. The summed E-state index contributed by atoms with van der Waals surface area (Å²) in [5.74, 6) is -5.33. The summed E-state index contributed by atoms with van der Waals surface area (Å²) in [7, 11) is 0. The molecule has 0 heterocycles. The number of carboxylic acid groups (broad SMARTS) is 1. The maximum atomic E-state index is 13.0. The molecule has 0 aromatic carbocycles. The van der Waals surface area contributed by atoms with Crippen LogP contribution in [0.25, 0.3) is 0 Å². The molecule has 2 unspecified atom stereocenters. The molecule has 0 aromatic rings. The predicted molar refractivity (Wildman–Crippen MR) is 61.3 cm³/mol. The van der Waals surface area contributed by atoms with E-state index >= 15 is 0 Å². The van der Waals surface area contributed by atoms with Gasteiger partial charge in [0.1, 0.15) is 6.04 Å². The molecule has 2 N–H and O–H groups in total. The highest BCUT2D eigenvalue weighted by Gasteiger charge is 2.44. The number of hydrogen-bond donors (Lipinski definition) is 2. The summed E-state index contributed by atoms with van der Waals surface area (Å²) in [5.41, 5.74) is -0.664. The third-order valence-corrected chi connectivity index (χ3v) is 3.17. The van der Waals surface area contributed by atoms with Crippen LogP contribution in [0.2, 0.25) is 0 Å². The van der Waals surface area contributed by atoms with Crippen LogP contribution in [0.4, 0.5) is 8.78 Å². The molecule has 1 amide bonds. The predicted octanol–water partition coefficient (Wildman–Crippen LogP) is 2.04. The minimum atomic E-state index is -2.80. The van der Waals surface area contributed by atoms with Gasteiger partial charge in [-0.1, -0.05) is 20.8 Å². The number of rotatable bonds is 3. The lowest BCUT2D eigenvalue weighted by atomic mass is 9.86. The average molecular weight is 263 g/mol. The van der Waals surface area contributed by atoms with Crippen molar-refractivity contribution in [2.75, 3.05) is 0 Å². The van der Waals surface area contributed by atoms with E-state index < -0.39 is 41.6 Å². The molecule has 6 heteroatoms. The van der Waals surface area contributed by atoms with E-state index in [1.165, 1.54) is 0 Å². The molecule has 1 fully saturated rings. The maximum Gasteiger partial charge on any atom is 0.326 e. The fourth-order valence-electron chi connectivity index (χ4n) is 2.08. The van der Waals surface area contributed by atoms with Crippen molar-refractivity contribution in [2.24, 2.45) is 11.3 Å². The van der Waals surface area contributed by atoms with Crippen LogP contribution in [0.1, 0.15) is 40.0 Å². The number of carbonyl (C=O) groups is 2. The molecule has 0 spiro atoms. The zero-order chi connectivity index (χ0) is 14.1. The smallest absolute Gasteiger partial charge is 0.326 e. The Morgan fingerprint density at radius 2 is 1.94 bits per heavy atom. The Labute approximate surface area is 105 Å². The average Bonchev–Trinajstić information content (AvgIpc) is 2.52. The number of carbonyl (C=O) groups excluding carboxylic acids is 1. The van der Waals surface area contributed by atoms with Crippen molar-refractivity contribution < 1.29 is 23.5 Å². The van der Waals surface area contributed by atoms with Gasteiger partial charge in [-0.15, -0.1) is 0 Å². The number of halogens is 2. The van der Waals surface area contributed by atoms with E-state index in [-0.39, 0.29) is 12.8 Å². The van der Waals surface area contributed by atoms with Crippen LogP contribution in [0.5, 0.6) is 0 Å². The van der Waals surface area contributed by atoms with E-state index in [1.807, 2.05) is 0 Å². The fourth-order valence-corrected chi connectivity index (χ4v) is 2.08. The standard InChI is InChI=1S/C12H19F2NO3/c1-11(2,3)8(10(17)18)15-9(16)7-4-5-12(13,14)6-7/h7-8H,4-6H2,1-3H3,(H,15,16)(H,17,18). The highest BCUT2D eigenvalue weighted by molar-refractivity contribution is 5.85. The minimum absolute atomic E-state index is 0.106. The number of amides is 1. The molecule has 104 valence electrons. The SMILES string of the molecule is CC(C)(C)C(NC(=O)C1CCC(F)(F)C1)C(=O)O. The molecule has 1 aliphatic rings. The highest BCUT2D eigenvalue weighted by Crippen LogP contribution is 2.39. The van der Waals surface area contributed by atoms with E-state index in [2.05, 4.69) is 5.32 Å². The number of aliphatic carboxylic acids is 1. The van der Waals surface area contributed by atoms with Crippen LogP contribution in [0, 0.1) is 11.3 Å². The van der Waals surface area contributed by atoms with Gasteiger partial charge in [-0.2, -0.15) is 0 Å². The second kappa shape index (κ2) is 4.82. The summed E-state index contributed by atoms with van der Waals surface area (Å²) >= 11 is 0. The Kier molecular flexibility index (Phi) is 3.98. The summed E-state index contributed by atoms with van der Waals surface area (Å²) < 4.78 is 26.0. The number of hydrogen-bond acceptors (Lipinski definition) is 2. The first kappa shape index (κ1) is 14.9. The Bertz CT molecular complexity index is 350. The molecule has 0 saturated heterocycles. The van der Waals surface area contributed by atoms with E-state index in [4.69, 9.17) is 5.11 Å². The molecule has 1 aliphatic carbocycles. The van der Waals surface area contributed by atoms with Crippen molar-refractivity contribution in [1.29, 1.82) is 0 Å². The highest BCUT2D eigenvalue weighted by atomic mass is 19.3. The Morgan fingerprint density at radius 3 is 2.28 bits per heavy atom. The molecule has 1 rings (SSSR count). The van der Waals surface area contributed by atoms with Gasteiger partial charge in [-0.3, -0.25) is 4.79 Å². The molecular formula is C12H19F2NO3. The molecule has 0 aliphatic heterocycles. The van der Waals surface area contributed by atoms with Crippen LogP contribution in [-0.4, -0.2) is 28.9 Å². The van der Waals surface area contributed by atoms with Gasteiger partial charge in [-0.05, 0) is 11.8 Å². The second-order valence-corrected chi connectivity index (χ2v) is 5.94. The third-order valence-electron chi connectivity index (χ3n) is 3.17. The topological polar surface area (TPSA) is 66.4 Å². The van der Waals surface area contributed by atoms with Crippen LogP contribution in [-0.2, 0) is 9.59 Å². The first-order valence-corrected chi connectivity index (χ1v) is 5.94. The Morgan fingerprint density at radius 1 is 1.39 bits per heavy atom. The number of carboxylic acids is 1. The third kappa shape index (κ3) is 3.65. The summed E-state index contributed by atoms with van der Waals surface area (Å²) in [4.78, 5) is 22.8. The van der Waals surface area contributed by atoms with E-state index in [1.54, 1.807) is 20.8 Å². The lowest BCUT2D eigenvalue weighted by Gasteiger charge is -2.28. The minimum Gasteiger partial charge on any atom is -0.480 e. The van der Waals surface area contributed by atoms with Gasteiger partial charge < -0.3 is 10.4 Å². The monoisotopic (exact) mass is 263 g/mol. The summed E-state index contributed by atoms with van der Waals surface area (Å²) in [6.45, 7) is 5.03. The van der Waals surface area contributed by atoms with E-state index in [9.17, 15) is 18.4 Å². The van der Waals surface area contributed by atoms with Crippen LogP contribution in [0.3, 0.4) is 0 Å². The lowest BCUT2D eigenvalue weighted by Crippen LogP contribution is -2.50. The zero-order valence-corrected chi connectivity index (χ0v) is 10.8. The van der Waals surface area contributed by atoms with Crippen LogP contribution in [0.15, 0.2) is 0 Å². The van der Waals surface area contributed by atoms with Gasteiger partial charge in [0.25, 0.3) is 0 Å². The molecule has 0 bridgehead atoms. The summed E-state index contributed by atoms with van der Waals surface area (Å²) in [6, 6.07) is -1.07. The number of nitrogens with one attached hydrogen (secondary N) is 1. The van der Waals surface area contributed by atoms with Gasteiger partial charge in [0, 0.05) is 18.8 Å². The van der Waals surface area contributed by atoms with Gasteiger partial charge in [-0.25, -0.2) is 13.6 Å². The summed E-state index contributed by atoms with van der Waals surface area (Å²) in [5, 5.41) is 11.4. The van der Waals surface area contributed by atoms with Crippen molar-refractivity contribution in [3.8, 4) is 0 Å². The number of alkyl halides is 2. The lowest BCUT2D eigenvalue weighted by molar-refractivity contribution is -0.145. The van der Waals surface area contributed by atoms with E-state index in [0.717, 1.165) is 0 Å². The first-order valence-electron chi connectivity index (χ1n) is 5.94. The Hall–Kier alpha value is -1.20. The van der Waals surface area contributed by atoms with Crippen molar-refractivity contribution >= 4 is 11.9 Å².